The van der Waals surface area contributed by atoms with Crippen molar-refractivity contribution in [2.24, 2.45) is 11.8 Å². The monoisotopic (exact) mass is 253 g/mol. The highest BCUT2D eigenvalue weighted by Crippen LogP contribution is 2.35. The molecule has 0 aromatic rings. The van der Waals surface area contributed by atoms with Crippen molar-refractivity contribution in [2.75, 3.05) is 6.54 Å². The van der Waals surface area contributed by atoms with Gasteiger partial charge in [-0.1, -0.05) is 0 Å². The highest BCUT2D eigenvalue weighted by Gasteiger charge is 2.36. The lowest BCUT2D eigenvalue weighted by atomic mass is 9.83. The van der Waals surface area contributed by atoms with Crippen molar-refractivity contribution >= 4 is 11.9 Å². The summed E-state index contributed by atoms with van der Waals surface area (Å²) in [5.41, 5.74) is 0. The number of carboxylic acid groups (broad SMARTS) is 1. The molecule has 0 aromatic heterocycles. The van der Waals surface area contributed by atoms with Crippen LogP contribution in [0.4, 0.5) is 0 Å². The summed E-state index contributed by atoms with van der Waals surface area (Å²) < 4.78 is 0. The summed E-state index contributed by atoms with van der Waals surface area (Å²) in [6, 6.07) is 0.355. The van der Waals surface area contributed by atoms with E-state index in [1.807, 2.05) is 11.8 Å². The van der Waals surface area contributed by atoms with Crippen LogP contribution in [0.25, 0.3) is 0 Å². The number of rotatable bonds is 5. The second kappa shape index (κ2) is 5.72. The molecule has 2 aliphatic carbocycles. The molecule has 4 nitrogen and oxygen atoms in total. The lowest BCUT2D eigenvalue weighted by Crippen LogP contribution is -2.43. The van der Waals surface area contributed by atoms with Gasteiger partial charge in [-0.3, -0.25) is 9.59 Å². The second-order valence-corrected chi connectivity index (χ2v) is 5.67. The van der Waals surface area contributed by atoms with Gasteiger partial charge in [-0.05, 0) is 51.4 Å². The Morgan fingerprint density at radius 1 is 1.11 bits per heavy atom. The second-order valence-electron chi connectivity index (χ2n) is 5.67. The minimum Gasteiger partial charge on any atom is -0.481 e. The van der Waals surface area contributed by atoms with Crippen molar-refractivity contribution in [3.63, 3.8) is 0 Å². The van der Waals surface area contributed by atoms with Crippen LogP contribution in [-0.2, 0) is 9.59 Å². The van der Waals surface area contributed by atoms with E-state index in [4.69, 9.17) is 5.11 Å². The Kier molecular flexibility index (Phi) is 4.25. The topological polar surface area (TPSA) is 57.6 Å². The Balaban J connectivity index is 1.83. The first-order valence-corrected chi connectivity index (χ1v) is 7.14. The van der Waals surface area contributed by atoms with E-state index < -0.39 is 5.97 Å². The first-order valence-electron chi connectivity index (χ1n) is 7.14. The lowest BCUT2D eigenvalue weighted by Gasteiger charge is -2.36. The zero-order valence-electron chi connectivity index (χ0n) is 11.1. The predicted molar refractivity (Wildman–Crippen MR) is 68.1 cm³/mol. The van der Waals surface area contributed by atoms with E-state index in [9.17, 15) is 9.59 Å². The van der Waals surface area contributed by atoms with E-state index in [0.29, 0.717) is 23.8 Å². The molecule has 0 atom stereocenters. The van der Waals surface area contributed by atoms with Gasteiger partial charge < -0.3 is 10.0 Å². The first-order chi connectivity index (χ1) is 8.61. The molecule has 0 aromatic carbocycles. The average molecular weight is 253 g/mol. The summed E-state index contributed by atoms with van der Waals surface area (Å²) in [5.74, 6) is 0.245. The van der Waals surface area contributed by atoms with E-state index >= 15 is 0 Å². The van der Waals surface area contributed by atoms with Crippen molar-refractivity contribution in [3.8, 4) is 0 Å². The van der Waals surface area contributed by atoms with E-state index in [1.165, 1.54) is 0 Å². The van der Waals surface area contributed by atoms with Gasteiger partial charge in [0.25, 0.3) is 0 Å². The number of carbonyl (C=O) groups is 2. The minimum absolute atomic E-state index is 0.287. The van der Waals surface area contributed by atoms with E-state index in [2.05, 4.69) is 0 Å². The molecular formula is C14H23NO3. The molecule has 18 heavy (non-hydrogen) atoms. The SMILES string of the molecule is CCN(C(=O)C1CC1)C1CCC(CC(=O)O)CC1. The molecule has 0 heterocycles. The molecule has 2 aliphatic rings. The smallest absolute Gasteiger partial charge is 0.303 e. The Bertz CT molecular complexity index is 317. The third-order valence-corrected chi connectivity index (χ3v) is 4.27. The number of amides is 1. The van der Waals surface area contributed by atoms with E-state index in [-0.39, 0.29) is 6.42 Å². The van der Waals surface area contributed by atoms with E-state index in [0.717, 1.165) is 45.1 Å². The van der Waals surface area contributed by atoms with Gasteiger partial charge in [0.1, 0.15) is 0 Å². The minimum atomic E-state index is -0.695. The van der Waals surface area contributed by atoms with Gasteiger partial charge in [-0.15, -0.1) is 0 Å². The number of hydrogen-bond acceptors (Lipinski definition) is 2. The van der Waals surface area contributed by atoms with Gasteiger partial charge in [0, 0.05) is 24.9 Å². The van der Waals surface area contributed by atoms with Crippen LogP contribution in [0.1, 0.15) is 51.9 Å². The molecule has 2 saturated carbocycles. The maximum atomic E-state index is 12.1. The normalized spacial score (nSPS) is 27.8. The van der Waals surface area contributed by atoms with Gasteiger partial charge >= 0.3 is 5.97 Å². The van der Waals surface area contributed by atoms with Gasteiger partial charge in [-0.2, -0.15) is 0 Å². The molecule has 2 fully saturated rings. The lowest BCUT2D eigenvalue weighted by molar-refractivity contribution is -0.139. The summed E-state index contributed by atoms with van der Waals surface area (Å²) in [7, 11) is 0. The van der Waals surface area contributed by atoms with Crippen LogP contribution in [0.5, 0.6) is 0 Å². The average Bonchev–Trinajstić information content (AvgIpc) is 3.15. The summed E-state index contributed by atoms with van der Waals surface area (Å²) in [6.07, 6.45) is 6.26. The molecular weight excluding hydrogens is 230 g/mol. The van der Waals surface area contributed by atoms with E-state index in [1.54, 1.807) is 0 Å². The van der Waals surface area contributed by atoms with Gasteiger partial charge in [-0.25, -0.2) is 0 Å². The molecule has 0 unspecified atom stereocenters. The number of hydrogen-bond donors (Lipinski definition) is 1. The highest BCUT2D eigenvalue weighted by molar-refractivity contribution is 5.81. The molecule has 1 N–H and O–H groups in total. The number of nitrogens with zero attached hydrogens (tertiary/aromatic N) is 1. The Labute approximate surface area is 108 Å². The zero-order valence-corrected chi connectivity index (χ0v) is 11.1. The van der Waals surface area contributed by atoms with Crippen molar-refractivity contribution in [3.05, 3.63) is 0 Å². The van der Waals surface area contributed by atoms with Crippen LogP contribution in [-0.4, -0.2) is 34.5 Å². The maximum Gasteiger partial charge on any atom is 0.303 e. The van der Waals surface area contributed by atoms with Gasteiger partial charge in [0.2, 0.25) is 5.91 Å². The predicted octanol–water partition coefficient (Wildman–Crippen LogP) is 2.28. The van der Waals surface area contributed by atoms with Gasteiger partial charge in [0.15, 0.2) is 0 Å². The van der Waals surface area contributed by atoms with Crippen LogP contribution < -0.4 is 0 Å². The largest absolute Gasteiger partial charge is 0.481 e. The zero-order chi connectivity index (χ0) is 13.1. The number of carboxylic acids is 1. The van der Waals surface area contributed by atoms with Crippen molar-refractivity contribution in [1.29, 1.82) is 0 Å². The number of aliphatic carboxylic acids is 1. The molecule has 4 heteroatoms. The van der Waals surface area contributed by atoms with Crippen LogP contribution in [0.2, 0.25) is 0 Å². The Morgan fingerprint density at radius 3 is 2.17 bits per heavy atom. The fourth-order valence-electron chi connectivity index (χ4n) is 3.07. The molecule has 0 radical (unpaired) electrons. The van der Waals surface area contributed by atoms with Crippen molar-refractivity contribution < 1.29 is 14.7 Å². The highest BCUT2D eigenvalue weighted by atomic mass is 16.4. The first kappa shape index (κ1) is 13.4. The Morgan fingerprint density at radius 2 is 1.72 bits per heavy atom. The summed E-state index contributed by atoms with van der Waals surface area (Å²) in [5, 5.41) is 8.79. The molecule has 2 rings (SSSR count). The van der Waals surface area contributed by atoms with Gasteiger partial charge in [0.05, 0.1) is 0 Å². The fourth-order valence-corrected chi connectivity index (χ4v) is 3.07. The summed E-state index contributed by atoms with van der Waals surface area (Å²) in [4.78, 5) is 24.8. The molecule has 0 saturated heterocycles. The molecule has 0 aliphatic heterocycles. The van der Waals surface area contributed by atoms with Crippen LogP contribution in [0.3, 0.4) is 0 Å². The van der Waals surface area contributed by atoms with Crippen LogP contribution in [0.15, 0.2) is 0 Å². The molecule has 0 spiro atoms. The third kappa shape index (κ3) is 3.24. The van der Waals surface area contributed by atoms with Crippen LogP contribution >= 0.6 is 0 Å². The van der Waals surface area contributed by atoms with Crippen molar-refractivity contribution in [2.45, 2.75) is 57.9 Å². The van der Waals surface area contributed by atoms with Crippen LogP contribution in [0, 0.1) is 11.8 Å². The number of carbonyl (C=O) groups excluding carboxylic acids is 1. The standard InChI is InChI=1S/C14H23NO3/c1-2-15(14(18)11-5-6-11)12-7-3-10(4-8-12)9-13(16)17/h10-12H,2-9H2,1H3,(H,16,17). The summed E-state index contributed by atoms with van der Waals surface area (Å²) in [6.45, 7) is 2.84. The maximum absolute atomic E-state index is 12.1. The molecule has 1 amide bonds. The molecule has 102 valence electrons. The Hall–Kier alpha value is -1.06. The third-order valence-electron chi connectivity index (χ3n) is 4.27. The molecule has 0 bridgehead atoms. The van der Waals surface area contributed by atoms with Crippen molar-refractivity contribution in [1.82, 2.24) is 4.90 Å². The quantitative estimate of drug-likeness (QED) is 0.817. The fraction of sp³-hybridized carbons (Fsp3) is 0.857. The summed E-state index contributed by atoms with van der Waals surface area (Å²) >= 11 is 0.